The Bertz CT molecular complexity index is 1270. The molecule has 1 amide bonds. The van der Waals surface area contributed by atoms with E-state index in [1.165, 1.54) is 24.2 Å². The Hall–Kier alpha value is -3.27. The van der Waals surface area contributed by atoms with E-state index >= 15 is 0 Å². The van der Waals surface area contributed by atoms with Crippen LogP contribution in [0.2, 0.25) is 0 Å². The molecule has 4 aromatic rings. The summed E-state index contributed by atoms with van der Waals surface area (Å²) in [5, 5.41) is 16.9. The molecule has 5 rings (SSSR count). The van der Waals surface area contributed by atoms with Gasteiger partial charge in [-0.2, -0.15) is 5.10 Å². The Morgan fingerprint density at radius 1 is 1.17 bits per heavy atom. The number of nitrogens with zero attached hydrogens (tertiary/aromatic N) is 4. The molecule has 2 aromatic heterocycles. The van der Waals surface area contributed by atoms with Gasteiger partial charge in [0.05, 0.1) is 23.0 Å². The van der Waals surface area contributed by atoms with Crippen molar-refractivity contribution in [1.29, 1.82) is 0 Å². The van der Waals surface area contributed by atoms with Crippen LogP contribution in [-0.2, 0) is 6.54 Å². The molecule has 0 atom stereocenters. The van der Waals surface area contributed by atoms with Crippen molar-refractivity contribution in [3.05, 3.63) is 65.4 Å². The van der Waals surface area contributed by atoms with Crippen LogP contribution in [0.25, 0.3) is 21.3 Å². The van der Waals surface area contributed by atoms with E-state index in [9.17, 15) is 9.90 Å². The molecule has 0 spiro atoms. The molecule has 0 aliphatic carbocycles. The lowest BCUT2D eigenvalue weighted by Crippen LogP contribution is -2.33. The fraction of sp³-hybridized carbons (Fsp3) is 0.346. The van der Waals surface area contributed by atoms with Gasteiger partial charge in [-0.3, -0.25) is 14.8 Å². The van der Waals surface area contributed by atoms with Gasteiger partial charge in [0.15, 0.2) is 5.01 Å². The lowest BCUT2D eigenvalue weighted by molar-refractivity contribution is 0.0707. The Morgan fingerprint density at radius 2 is 2.06 bits per heavy atom. The van der Waals surface area contributed by atoms with Gasteiger partial charge < -0.3 is 14.7 Å². The van der Waals surface area contributed by atoms with Crippen LogP contribution in [0.15, 0.2) is 54.9 Å². The maximum atomic E-state index is 13.3. The quantitative estimate of drug-likeness (QED) is 0.351. The summed E-state index contributed by atoms with van der Waals surface area (Å²) in [5.41, 5.74) is 3.73. The van der Waals surface area contributed by atoms with Crippen molar-refractivity contribution in [1.82, 2.24) is 25.0 Å². The Labute approximate surface area is 208 Å². The number of aliphatic hydroxyl groups excluding tert-OH is 1. The minimum Gasteiger partial charge on any atom is -0.492 e. The van der Waals surface area contributed by atoms with Gasteiger partial charge in [-0.05, 0) is 61.3 Å². The van der Waals surface area contributed by atoms with Gasteiger partial charge in [-0.25, -0.2) is 4.98 Å². The van der Waals surface area contributed by atoms with E-state index in [0.29, 0.717) is 18.2 Å². The summed E-state index contributed by atoms with van der Waals surface area (Å²) in [6.07, 6.45) is 6.14. The fourth-order valence-corrected chi connectivity index (χ4v) is 5.34. The van der Waals surface area contributed by atoms with E-state index in [0.717, 1.165) is 52.3 Å². The molecular formula is C26H29N5O3S. The number of carbonyl (C=O) groups excluding carboxylic acids is 1. The van der Waals surface area contributed by atoms with Gasteiger partial charge in [0, 0.05) is 31.4 Å². The minimum atomic E-state index is -0.189. The third-order valence-electron chi connectivity index (χ3n) is 6.21. The van der Waals surface area contributed by atoms with Gasteiger partial charge in [-0.15, -0.1) is 11.3 Å². The first kappa shape index (κ1) is 23.5. The molecule has 0 unspecified atom stereocenters. The molecule has 35 heavy (non-hydrogen) atoms. The number of amides is 1. The summed E-state index contributed by atoms with van der Waals surface area (Å²) in [7, 11) is 0. The molecule has 8 nitrogen and oxygen atoms in total. The molecule has 2 aromatic carbocycles. The molecule has 1 fully saturated rings. The van der Waals surface area contributed by atoms with Gasteiger partial charge in [-0.1, -0.05) is 18.2 Å². The molecular weight excluding hydrogens is 462 g/mol. The number of benzene rings is 2. The largest absolute Gasteiger partial charge is 0.492 e. The highest BCUT2D eigenvalue weighted by Gasteiger charge is 2.20. The van der Waals surface area contributed by atoms with Crippen LogP contribution in [-0.4, -0.2) is 75.4 Å². The standard InChI is InChI=1S/C26H29N5O3S/c32-12-10-31(18-19-4-3-5-22(14-19)34-13-11-30-8-1-2-9-30)26(33)25-29-23-7-6-20(15-24(23)35-25)21-16-27-28-17-21/h3-7,14-17,32H,1-2,8-13,18H2,(H,27,28). The second-order valence-corrected chi connectivity index (χ2v) is 9.71. The van der Waals surface area contributed by atoms with Gasteiger partial charge in [0.2, 0.25) is 0 Å². The van der Waals surface area contributed by atoms with Gasteiger partial charge in [0.1, 0.15) is 12.4 Å². The molecule has 3 heterocycles. The monoisotopic (exact) mass is 491 g/mol. The number of carbonyl (C=O) groups is 1. The van der Waals surface area contributed by atoms with E-state index in [1.807, 2.05) is 48.7 Å². The number of likely N-dealkylation sites (tertiary alicyclic amines) is 1. The van der Waals surface area contributed by atoms with Crippen molar-refractivity contribution in [2.75, 3.05) is 39.4 Å². The van der Waals surface area contributed by atoms with E-state index in [-0.39, 0.29) is 19.1 Å². The maximum absolute atomic E-state index is 13.3. The molecule has 1 aliphatic rings. The van der Waals surface area contributed by atoms with Crippen molar-refractivity contribution in [3.63, 3.8) is 0 Å². The highest BCUT2D eigenvalue weighted by atomic mass is 32.1. The second-order valence-electron chi connectivity index (χ2n) is 8.68. The number of aliphatic hydroxyl groups is 1. The predicted molar refractivity (Wildman–Crippen MR) is 137 cm³/mol. The summed E-state index contributed by atoms with van der Waals surface area (Å²) in [4.78, 5) is 22.0. The fourth-order valence-electron chi connectivity index (χ4n) is 4.37. The van der Waals surface area contributed by atoms with E-state index in [4.69, 9.17) is 4.74 Å². The van der Waals surface area contributed by atoms with E-state index in [1.54, 1.807) is 11.1 Å². The van der Waals surface area contributed by atoms with Crippen LogP contribution in [0.3, 0.4) is 0 Å². The van der Waals surface area contributed by atoms with E-state index < -0.39 is 0 Å². The van der Waals surface area contributed by atoms with Crippen LogP contribution in [0.5, 0.6) is 5.75 Å². The Morgan fingerprint density at radius 3 is 2.86 bits per heavy atom. The molecule has 0 bridgehead atoms. The van der Waals surface area contributed by atoms with Crippen molar-refractivity contribution >= 4 is 27.5 Å². The zero-order valence-electron chi connectivity index (χ0n) is 19.5. The number of aromatic amines is 1. The summed E-state index contributed by atoms with van der Waals surface area (Å²) in [6, 6.07) is 13.7. The third-order valence-corrected chi connectivity index (χ3v) is 7.21. The molecule has 0 radical (unpaired) electrons. The van der Waals surface area contributed by atoms with Crippen molar-refractivity contribution in [3.8, 4) is 16.9 Å². The molecule has 1 saturated heterocycles. The summed E-state index contributed by atoms with van der Waals surface area (Å²) in [6.45, 7) is 4.37. The predicted octanol–water partition coefficient (Wildman–Crippen LogP) is 3.80. The second kappa shape index (κ2) is 11.0. The number of aromatic nitrogens is 3. The maximum Gasteiger partial charge on any atom is 0.283 e. The summed E-state index contributed by atoms with van der Waals surface area (Å²) >= 11 is 1.36. The first-order valence-corrected chi connectivity index (χ1v) is 12.8. The van der Waals surface area contributed by atoms with Crippen LogP contribution >= 0.6 is 11.3 Å². The zero-order chi connectivity index (χ0) is 24.0. The number of fused-ring (bicyclic) bond motifs is 1. The molecule has 0 saturated carbocycles. The number of hydrogen-bond donors (Lipinski definition) is 2. The molecule has 2 N–H and O–H groups in total. The number of ether oxygens (including phenoxy) is 1. The molecule has 9 heteroatoms. The topological polar surface area (TPSA) is 94.6 Å². The van der Waals surface area contributed by atoms with Gasteiger partial charge in [0.25, 0.3) is 5.91 Å². The SMILES string of the molecule is O=C(c1nc2ccc(-c3cn[nH]c3)cc2s1)N(CCO)Cc1cccc(OCCN2CCCC2)c1. The van der Waals surface area contributed by atoms with Crippen molar-refractivity contribution < 1.29 is 14.6 Å². The third kappa shape index (κ3) is 5.70. The van der Waals surface area contributed by atoms with Crippen molar-refractivity contribution in [2.24, 2.45) is 0 Å². The van der Waals surface area contributed by atoms with Crippen LogP contribution in [0.1, 0.15) is 28.2 Å². The summed E-state index contributed by atoms with van der Waals surface area (Å²) < 4.78 is 6.90. The van der Waals surface area contributed by atoms with Crippen molar-refractivity contribution in [2.45, 2.75) is 19.4 Å². The Kier molecular flexibility index (Phi) is 7.37. The normalized spacial score (nSPS) is 14.0. The first-order valence-electron chi connectivity index (χ1n) is 11.9. The van der Waals surface area contributed by atoms with E-state index in [2.05, 4.69) is 20.1 Å². The minimum absolute atomic E-state index is 0.118. The number of hydrogen-bond acceptors (Lipinski definition) is 7. The first-order chi connectivity index (χ1) is 17.2. The molecule has 182 valence electrons. The number of thiazole rings is 1. The summed E-state index contributed by atoms with van der Waals surface area (Å²) in [5.74, 6) is 0.607. The highest BCUT2D eigenvalue weighted by molar-refractivity contribution is 7.20. The number of H-pyrrole nitrogens is 1. The lowest BCUT2D eigenvalue weighted by Gasteiger charge is -2.21. The smallest absolute Gasteiger partial charge is 0.283 e. The zero-order valence-corrected chi connectivity index (χ0v) is 20.3. The van der Waals surface area contributed by atoms with Crippen LogP contribution < -0.4 is 4.74 Å². The van der Waals surface area contributed by atoms with Crippen LogP contribution in [0.4, 0.5) is 0 Å². The highest BCUT2D eigenvalue weighted by Crippen LogP contribution is 2.29. The number of rotatable bonds is 10. The van der Waals surface area contributed by atoms with Gasteiger partial charge >= 0.3 is 0 Å². The molecule has 1 aliphatic heterocycles. The Balaban J connectivity index is 1.27. The van der Waals surface area contributed by atoms with Crippen LogP contribution in [0, 0.1) is 0 Å². The number of nitrogens with one attached hydrogen (secondary N) is 1. The lowest BCUT2D eigenvalue weighted by atomic mass is 10.1. The average Bonchev–Trinajstić information content (AvgIpc) is 3.65. The average molecular weight is 492 g/mol.